The molecule has 0 saturated carbocycles. The normalized spacial score (nSPS) is 14.5. The summed E-state index contributed by atoms with van der Waals surface area (Å²) in [6.07, 6.45) is 65.8. The van der Waals surface area contributed by atoms with Crippen LogP contribution in [-0.4, -0.2) is 66.5 Å². The summed E-state index contributed by atoms with van der Waals surface area (Å²) in [5.41, 5.74) is 0. The highest BCUT2D eigenvalue weighted by Crippen LogP contribution is 2.43. The summed E-state index contributed by atoms with van der Waals surface area (Å²) in [7, 11) is -4.78. The Labute approximate surface area is 436 Å². The van der Waals surface area contributed by atoms with E-state index in [4.69, 9.17) is 23.3 Å². The number of rotatable bonds is 48. The highest BCUT2D eigenvalue weighted by atomic mass is 31.2. The topological polar surface area (TPSA) is 155 Å². The van der Waals surface area contributed by atoms with Crippen LogP contribution >= 0.6 is 7.82 Å². The highest BCUT2D eigenvalue weighted by Gasteiger charge is 2.28. The first-order valence-electron chi connectivity index (χ1n) is 27.1. The Balaban J connectivity index is 4.95. The number of hydrogen-bond donors (Lipinski definition) is 2. The number of aliphatic hydroxyl groups is 1. The predicted molar refractivity (Wildman–Crippen MR) is 297 cm³/mol. The van der Waals surface area contributed by atoms with Crippen LogP contribution in [-0.2, 0) is 42.2 Å². The van der Waals surface area contributed by atoms with Gasteiger partial charge in [0.15, 0.2) is 6.10 Å². The number of carbonyl (C=O) groups is 3. The monoisotopic (exact) mass is 1020 g/mol. The lowest BCUT2D eigenvalue weighted by Gasteiger charge is -2.21. The van der Waals surface area contributed by atoms with E-state index in [2.05, 4.69) is 130 Å². The fraction of sp³-hybridized carbons (Fsp3) is 0.583. The maximum atomic E-state index is 12.9. The number of ether oxygens (including phenoxy) is 3. The molecule has 11 nitrogen and oxygen atoms in total. The van der Waals surface area contributed by atoms with Gasteiger partial charge in [0.25, 0.3) is 0 Å². The van der Waals surface area contributed by atoms with Crippen molar-refractivity contribution in [1.29, 1.82) is 0 Å². The van der Waals surface area contributed by atoms with Crippen molar-refractivity contribution in [3.8, 4) is 0 Å². The quantitative estimate of drug-likeness (QED) is 0.0197. The van der Waals surface area contributed by atoms with E-state index >= 15 is 0 Å². The van der Waals surface area contributed by atoms with Crippen molar-refractivity contribution in [2.75, 3.05) is 26.4 Å². The molecule has 0 aliphatic carbocycles. The minimum absolute atomic E-state index is 0.0691. The second-order valence-electron chi connectivity index (χ2n) is 17.3. The van der Waals surface area contributed by atoms with Gasteiger partial charge in [-0.3, -0.25) is 23.4 Å². The van der Waals surface area contributed by atoms with Gasteiger partial charge < -0.3 is 24.2 Å². The summed E-state index contributed by atoms with van der Waals surface area (Å²) in [6.45, 7) is 4.20. The zero-order chi connectivity index (χ0) is 52.7. The molecule has 0 fully saturated rings. The molecule has 12 heteroatoms. The molecule has 0 spiro atoms. The molecule has 0 aliphatic rings. The van der Waals surface area contributed by atoms with Crippen molar-refractivity contribution in [2.45, 2.75) is 200 Å². The Morgan fingerprint density at radius 3 is 1.18 bits per heavy atom. The first-order valence-corrected chi connectivity index (χ1v) is 28.6. The molecule has 0 saturated heterocycles. The van der Waals surface area contributed by atoms with Gasteiger partial charge in [0.1, 0.15) is 12.7 Å². The molecular formula is C60H95O11P. The van der Waals surface area contributed by atoms with E-state index < -0.39 is 64.4 Å². The van der Waals surface area contributed by atoms with Gasteiger partial charge in [-0.15, -0.1) is 0 Å². The molecule has 2 N–H and O–H groups in total. The molecular weight excluding hydrogens is 928 g/mol. The Morgan fingerprint density at radius 1 is 0.403 bits per heavy atom. The second kappa shape index (κ2) is 52.9. The number of hydrogen-bond acceptors (Lipinski definition) is 10. The molecule has 406 valence electrons. The zero-order valence-electron chi connectivity index (χ0n) is 44.6. The molecule has 0 heterocycles. The highest BCUT2D eigenvalue weighted by molar-refractivity contribution is 7.47. The summed E-state index contributed by atoms with van der Waals surface area (Å²) in [5, 5.41) is 9.77. The van der Waals surface area contributed by atoms with Crippen LogP contribution in [0.3, 0.4) is 0 Å². The zero-order valence-corrected chi connectivity index (χ0v) is 45.5. The first kappa shape index (κ1) is 67.6. The molecule has 3 atom stereocenters. The lowest BCUT2D eigenvalue weighted by Crippen LogP contribution is -2.30. The SMILES string of the molecule is CC/C=C\C/C=C\C/C=C\C/C=C\C/C=C\CCCC(=O)OCC(COP(=O)(O)OCC(CO)OC(=O)CCCCCCC/C=C\CCCC)OC(=O)CCC/C=C\C/C=C\C/C=C\C/C=C\C/C=C\CC. The second-order valence-corrected chi connectivity index (χ2v) is 18.7. The molecule has 0 radical (unpaired) electrons. The Bertz CT molecular complexity index is 1710. The third-order valence-corrected chi connectivity index (χ3v) is 11.5. The fourth-order valence-electron chi connectivity index (χ4n) is 6.46. The van der Waals surface area contributed by atoms with Crippen molar-refractivity contribution in [3.63, 3.8) is 0 Å². The number of phosphoric ester groups is 1. The van der Waals surface area contributed by atoms with Crippen molar-refractivity contribution >= 4 is 25.7 Å². The third-order valence-electron chi connectivity index (χ3n) is 10.5. The molecule has 0 bridgehead atoms. The van der Waals surface area contributed by atoms with Gasteiger partial charge in [0.2, 0.25) is 0 Å². The summed E-state index contributed by atoms with van der Waals surface area (Å²) in [5.74, 6) is -1.64. The van der Waals surface area contributed by atoms with Gasteiger partial charge in [-0.25, -0.2) is 4.57 Å². The van der Waals surface area contributed by atoms with E-state index in [1.807, 2.05) is 24.3 Å². The molecule has 3 unspecified atom stereocenters. The molecule has 0 aromatic carbocycles. The van der Waals surface area contributed by atoms with Crippen molar-refractivity contribution < 1.29 is 52.2 Å². The van der Waals surface area contributed by atoms with Crippen LogP contribution in [0.1, 0.15) is 188 Å². The van der Waals surface area contributed by atoms with Gasteiger partial charge in [0, 0.05) is 19.3 Å². The van der Waals surface area contributed by atoms with Crippen LogP contribution in [0, 0.1) is 0 Å². The van der Waals surface area contributed by atoms with E-state index in [-0.39, 0.29) is 19.3 Å². The standard InChI is InChI=1S/C60H95O11P/c1-4-7-10-13-16-19-22-24-26-28-30-32-35-37-40-43-46-49-58(62)67-53-57(71-60(64)51-48-45-42-39-36-33-31-29-27-25-23-20-17-14-11-8-5-2)55-69-72(65,66)68-54-56(52-61)70-59(63)50-47-44-41-38-34-21-18-15-12-9-6-3/h7-8,10-11,15-20,24-27,30-33,37,39-40,42,56-57,61H,4-6,9,12-14,21-23,28-29,34-36,38,41,43-55H2,1-3H3,(H,65,66)/b10-7-,11-8-,18-15-,19-16-,20-17-,26-24-,27-25-,32-30-,33-31-,40-37-,42-39-. The Kier molecular flexibility index (Phi) is 49.7. The largest absolute Gasteiger partial charge is 0.472 e. The molecule has 0 aromatic heterocycles. The van der Waals surface area contributed by atoms with Gasteiger partial charge in [0.05, 0.1) is 19.8 Å². The Morgan fingerprint density at radius 2 is 0.736 bits per heavy atom. The number of phosphoric acid groups is 1. The fourth-order valence-corrected chi connectivity index (χ4v) is 7.25. The maximum Gasteiger partial charge on any atom is 0.472 e. The van der Waals surface area contributed by atoms with Crippen LogP contribution in [0.15, 0.2) is 134 Å². The summed E-state index contributed by atoms with van der Waals surface area (Å²) in [6, 6.07) is 0. The van der Waals surface area contributed by atoms with Gasteiger partial charge in [-0.1, -0.05) is 187 Å². The molecule has 0 aromatic rings. The van der Waals surface area contributed by atoms with Crippen molar-refractivity contribution in [1.82, 2.24) is 0 Å². The number of unbranched alkanes of at least 4 members (excludes halogenated alkanes) is 9. The molecule has 72 heavy (non-hydrogen) atoms. The molecule has 0 rings (SSSR count). The van der Waals surface area contributed by atoms with Crippen LogP contribution in [0.5, 0.6) is 0 Å². The number of esters is 3. The lowest BCUT2D eigenvalue weighted by molar-refractivity contribution is -0.161. The van der Waals surface area contributed by atoms with Gasteiger partial charge in [-0.2, -0.15) is 0 Å². The van der Waals surface area contributed by atoms with Crippen molar-refractivity contribution in [2.24, 2.45) is 0 Å². The first-order chi connectivity index (χ1) is 35.2. The van der Waals surface area contributed by atoms with Gasteiger partial charge in [-0.05, 0) is 116 Å². The van der Waals surface area contributed by atoms with E-state index in [0.29, 0.717) is 32.1 Å². The van der Waals surface area contributed by atoms with Crippen LogP contribution in [0.2, 0.25) is 0 Å². The molecule has 0 amide bonds. The molecule has 0 aliphatic heterocycles. The van der Waals surface area contributed by atoms with E-state index in [1.165, 1.54) is 12.8 Å². The van der Waals surface area contributed by atoms with Crippen LogP contribution < -0.4 is 0 Å². The van der Waals surface area contributed by atoms with E-state index in [9.17, 15) is 28.9 Å². The predicted octanol–water partition coefficient (Wildman–Crippen LogP) is 15.8. The number of allylic oxidation sites excluding steroid dienone is 22. The smallest absolute Gasteiger partial charge is 0.462 e. The van der Waals surface area contributed by atoms with Gasteiger partial charge >= 0.3 is 25.7 Å². The van der Waals surface area contributed by atoms with Crippen LogP contribution in [0.25, 0.3) is 0 Å². The number of aliphatic hydroxyl groups excluding tert-OH is 1. The average Bonchev–Trinajstić information content (AvgIpc) is 3.37. The minimum atomic E-state index is -4.78. The van der Waals surface area contributed by atoms with Crippen molar-refractivity contribution in [3.05, 3.63) is 134 Å². The number of carbonyl (C=O) groups excluding carboxylic acids is 3. The van der Waals surface area contributed by atoms with E-state index in [1.54, 1.807) is 0 Å². The Hall–Kier alpha value is -4.38. The third kappa shape index (κ3) is 50.6. The lowest BCUT2D eigenvalue weighted by atomic mass is 10.1. The summed E-state index contributed by atoms with van der Waals surface area (Å²) in [4.78, 5) is 48.4. The minimum Gasteiger partial charge on any atom is -0.462 e. The van der Waals surface area contributed by atoms with E-state index in [0.717, 1.165) is 103 Å². The maximum absolute atomic E-state index is 12.9. The average molecular weight is 1020 g/mol. The van der Waals surface area contributed by atoms with Crippen LogP contribution in [0.4, 0.5) is 0 Å². The summed E-state index contributed by atoms with van der Waals surface area (Å²) >= 11 is 0. The summed E-state index contributed by atoms with van der Waals surface area (Å²) < 4.78 is 39.3.